The maximum Gasteiger partial charge on any atom is 0.227 e. The SMILES string of the molecule is c1ccc(-c2ccc3cc(-c4nc(-c5cccc(-c6cccc7ccc8nc(-c9ccccc9)oc8c67)c5)nc(-c5cccc6ccccc56)n4)ccc3c2)cc1. The summed E-state index contributed by atoms with van der Waals surface area (Å²) in [4.78, 5) is 20.4. The minimum absolute atomic E-state index is 0.598. The minimum atomic E-state index is 0.598. The molecule has 9 aromatic carbocycles. The van der Waals surface area contributed by atoms with E-state index in [-0.39, 0.29) is 0 Å². The van der Waals surface area contributed by atoms with Gasteiger partial charge in [-0.1, -0.05) is 158 Å². The van der Waals surface area contributed by atoms with Crippen LogP contribution < -0.4 is 0 Å². The maximum atomic E-state index is 6.52. The standard InChI is InChI=1S/C52H32N4O/c1-3-12-33(13-4-1)37-24-25-39-31-42(27-26-38(39)30-37)50-54-49(55-51(56-50)45-23-10-17-34-14-7-8-21-43(34)45)41-20-9-19-40(32-41)44-22-11-18-35-28-29-46-48(47(35)44)57-52(53-46)36-15-5-2-6-16-36/h1-32H. The first-order valence-corrected chi connectivity index (χ1v) is 19.0. The lowest BCUT2D eigenvalue weighted by Gasteiger charge is -2.12. The summed E-state index contributed by atoms with van der Waals surface area (Å²) < 4.78 is 6.52. The molecule has 2 heterocycles. The minimum Gasteiger partial charge on any atom is -0.435 e. The van der Waals surface area contributed by atoms with Gasteiger partial charge in [-0.05, 0) is 85.6 Å². The van der Waals surface area contributed by atoms with E-state index in [1.54, 1.807) is 0 Å². The van der Waals surface area contributed by atoms with Crippen molar-refractivity contribution in [1.29, 1.82) is 0 Å². The lowest BCUT2D eigenvalue weighted by Crippen LogP contribution is -2.01. The van der Waals surface area contributed by atoms with E-state index in [4.69, 9.17) is 24.4 Å². The van der Waals surface area contributed by atoms with Crippen molar-refractivity contribution < 1.29 is 4.42 Å². The normalized spacial score (nSPS) is 11.5. The molecule has 0 radical (unpaired) electrons. The van der Waals surface area contributed by atoms with Crippen LogP contribution in [0.2, 0.25) is 0 Å². The van der Waals surface area contributed by atoms with Gasteiger partial charge in [0.1, 0.15) is 5.52 Å². The Hall–Kier alpha value is -7.76. The van der Waals surface area contributed by atoms with Crippen molar-refractivity contribution in [2.45, 2.75) is 0 Å². The molecule has 0 aliphatic carbocycles. The molecule has 0 saturated heterocycles. The summed E-state index contributed by atoms with van der Waals surface area (Å²) in [6, 6.07) is 67.1. The number of hydrogen-bond acceptors (Lipinski definition) is 5. The Balaban J connectivity index is 1.07. The maximum absolute atomic E-state index is 6.52. The first kappa shape index (κ1) is 32.7. The molecule has 266 valence electrons. The Morgan fingerprint density at radius 3 is 1.68 bits per heavy atom. The molecule has 0 unspecified atom stereocenters. The van der Waals surface area contributed by atoms with Crippen molar-refractivity contribution >= 4 is 43.4 Å². The van der Waals surface area contributed by atoms with E-state index in [0.717, 1.165) is 76.8 Å². The Kier molecular flexibility index (Phi) is 7.74. The molecule has 11 aromatic rings. The van der Waals surface area contributed by atoms with E-state index in [9.17, 15) is 0 Å². The van der Waals surface area contributed by atoms with E-state index < -0.39 is 0 Å². The van der Waals surface area contributed by atoms with Gasteiger partial charge in [0.05, 0.1) is 0 Å². The molecule has 0 saturated carbocycles. The zero-order valence-corrected chi connectivity index (χ0v) is 30.7. The fraction of sp³-hybridized carbons (Fsp3) is 0. The van der Waals surface area contributed by atoms with Crippen LogP contribution in [0.1, 0.15) is 0 Å². The summed E-state index contributed by atoms with van der Waals surface area (Å²) in [5.74, 6) is 2.44. The molecule has 11 rings (SSSR count). The largest absolute Gasteiger partial charge is 0.435 e. The summed E-state index contributed by atoms with van der Waals surface area (Å²) in [5, 5.41) is 6.59. The second kappa shape index (κ2) is 13.5. The summed E-state index contributed by atoms with van der Waals surface area (Å²) in [5.41, 5.74) is 9.74. The second-order valence-corrected chi connectivity index (χ2v) is 14.3. The number of benzene rings is 9. The van der Waals surface area contributed by atoms with Crippen LogP contribution in [-0.2, 0) is 0 Å². The van der Waals surface area contributed by atoms with Crippen LogP contribution in [0.3, 0.4) is 0 Å². The quantitative estimate of drug-likeness (QED) is 0.171. The van der Waals surface area contributed by atoms with Crippen molar-refractivity contribution in [2.24, 2.45) is 0 Å². The molecule has 2 aromatic heterocycles. The van der Waals surface area contributed by atoms with Gasteiger partial charge in [-0.2, -0.15) is 0 Å². The lowest BCUT2D eigenvalue weighted by atomic mass is 9.96. The number of aromatic nitrogens is 4. The molecule has 0 bridgehead atoms. The van der Waals surface area contributed by atoms with Crippen LogP contribution >= 0.6 is 0 Å². The zero-order valence-electron chi connectivity index (χ0n) is 30.7. The molecule has 0 amide bonds. The first-order valence-electron chi connectivity index (χ1n) is 19.0. The lowest BCUT2D eigenvalue weighted by molar-refractivity contribution is 0.623. The van der Waals surface area contributed by atoms with E-state index in [1.807, 2.05) is 42.5 Å². The van der Waals surface area contributed by atoms with Crippen LogP contribution in [-0.4, -0.2) is 19.9 Å². The molecule has 57 heavy (non-hydrogen) atoms. The van der Waals surface area contributed by atoms with Gasteiger partial charge >= 0.3 is 0 Å². The van der Waals surface area contributed by atoms with Gasteiger partial charge in [-0.25, -0.2) is 19.9 Å². The summed E-state index contributed by atoms with van der Waals surface area (Å²) in [6.07, 6.45) is 0. The molecule has 0 atom stereocenters. The number of hydrogen-bond donors (Lipinski definition) is 0. The fourth-order valence-electron chi connectivity index (χ4n) is 7.90. The molecule has 5 nitrogen and oxygen atoms in total. The van der Waals surface area contributed by atoms with Gasteiger partial charge in [0.25, 0.3) is 0 Å². The number of fused-ring (bicyclic) bond motifs is 5. The Morgan fingerprint density at radius 1 is 0.316 bits per heavy atom. The highest BCUT2D eigenvalue weighted by Gasteiger charge is 2.18. The van der Waals surface area contributed by atoms with Crippen molar-refractivity contribution in [3.05, 3.63) is 194 Å². The average Bonchev–Trinajstić information content (AvgIpc) is 3.74. The summed E-state index contributed by atoms with van der Waals surface area (Å²) in [6.45, 7) is 0. The van der Waals surface area contributed by atoms with Crippen molar-refractivity contribution in [2.75, 3.05) is 0 Å². The van der Waals surface area contributed by atoms with Crippen LogP contribution in [0.5, 0.6) is 0 Å². The van der Waals surface area contributed by atoms with Crippen LogP contribution in [0.4, 0.5) is 0 Å². The fourth-order valence-corrected chi connectivity index (χ4v) is 7.90. The highest BCUT2D eigenvalue weighted by molar-refractivity contribution is 6.11. The molecular formula is C52H32N4O. The van der Waals surface area contributed by atoms with Crippen LogP contribution in [0.15, 0.2) is 199 Å². The molecule has 0 spiro atoms. The first-order chi connectivity index (χ1) is 28.2. The summed E-state index contributed by atoms with van der Waals surface area (Å²) in [7, 11) is 0. The van der Waals surface area contributed by atoms with Crippen molar-refractivity contribution in [1.82, 2.24) is 19.9 Å². The van der Waals surface area contributed by atoms with Gasteiger partial charge in [0, 0.05) is 27.6 Å². The van der Waals surface area contributed by atoms with E-state index >= 15 is 0 Å². The molecule has 0 N–H and O–H groups in total. The third kappa shape index (κ3) is 5.90. The average molecular weight is 729 g/mol. The highest BCUT2D eigenvalue weighted by atomic mass is 16.3. The third-order valence-electron chi connectivity index (χ3n) is 10.7. The van der Waals surface area contributed by atoms with Crippen molar-refractivity contribution in [3.63, 3.8) is 0 Å². The predicted molar refractivity (Wildman–Crippen MR) is 233 cm³/mol. The van der Waals surface area contributed by atoms with E-state index in [0.29, 0.717) is 23.4 Å². The number of nitrogens with zero attached hydrogens (tertiary/aromatic N) is 4. The number of rotatable bonds is 6. The van der Waals surface area contributed by atoms with Gasteiger partial charge < -0.3 is 4.42 Å². The number of oxazole rings is 1. The smallest absolute Gasteiger partial charge is 0.227 e. The predicted octanol–water partition coefficient (Wildman–Crippen LogP) is 13.5. The molecular weight excluding hydrogens is 697 g/mol. The summed E-state index contributed by atoms with van der Waals surface area (Å²) >= 11 is 0. The van der Waals surface area contributed by atoms with Crippen molar-refractivity contribution in [3.8, 4) is 67.9 Å². The molecule has 0 aliphatic heterocycles. The van der Waals surface area contributed by atoms with Crippen LogP contribution in [0, 0.1) is 0 Å². The van der Waals surface area contributed by atoms with Gasteiger partial charge in [-0.15, -0.1) is 0 Å². The third-order valence-corrected chi connectivity index (χ3v) is 10.7. The second-order valence-electron chi connectivity index (χ2n) is 14.3. The Labute approximate surface area is 328 Å². The topological polar surface area (TPSA) is 64.7 Å². The van der Waals surface area contributed by atoms with E-state index in [2.05, 4.69) is 152 Å². The van der Waals surface area contributed by atoms with E-state index in [1.165, 1.54) is 11.1 Å². The molecule has 0 fully saturated rings. The Morgan fingerprint density at radius 2 is 0.877 bits per heavy atom. The van der Waals surface area contributed by atoms with Gasteiger partial charge in [0.2, 0.25) is 5.89 Å². The Bertz CT molecular complexity index is 3290. The molecule has 0 aliphatic rings. The van der Waals surface area contributed by atoms with Gasteiger partial charge in [-0.3, -0.25) is 0 Å². The zero-order chi connectivity index (χ0) is 37.7. The van der Waals surface area contributed by atoms with Crippen LogP contribution in [0.25, 0.3) is 111 Å². The monoisotopic (exact) mass is 728 g/mol. The van der Waals surface area contributed by atoms with Gasteiger partial charge in [0.15, 0.2) is 23.1 Å². The molecule has 5 heteroatoms. The highest BCUT2D eigenvalue weighted by Crippen LogP contribution is 2.38.